The Labute approximate surface area is 110 Å². The zero-order valence-electron chi connectivity index (χ0n) is 9.65. The molecule has 5 heteroatoms. The molecule has 0 radical (unpaired) electrons. The Bertz CT molecular complexity index is 301. The monoisotopic (exact) mass is 335 g/mol. The smallest absolute Gasteiger partial charge is 0.222 e. The number of hydrogen-bond acceptors (Lipinski definition) is 4. The first-order valence-corrected chi connectivity index (χ1v) is 6.64. The summed E-state index contributed by atoms with van der Waals surface area (Å²) in [5, 5.41) is 13.0. The van der Waals surface area contributed by atoms with Crippen LogP contribution in [0.15, 0.2) is 12.4 Å². The van der Waals surface area contributed by atoms with Crippen molar-refractivity contribution in [2.75, 3.05) is 11.9 Å². The van der Waals surface area contributed by atoms with Gasteiger partial charge >= 0.3 is 0 Å². The molecule has 2 N–H and O–H groups in total. The molecule has 0 spiro atoms. The number of aromatic nitrogens is 2. The molecular formula is C11H18IN3O. The Morgan fingerprint density at radius 2 is 1.88 bits per heavy atom. The first-order valence-electron chi connectivity index (χ1n) is 5.56. The number of nitrogens with one attached hydrogen (secondary N) is 1. The molecule has 4 nitrogen and oxygen atoms in total. The highest BCUT2D eigenvalue weighted by Crippen LogP contribution is 2.13. The van der Waals surface area contributed by atoms with Crippen molar-refractivity contribution in [1.82, 2.24) is 9.97 Å². The largest absolute Gasteiger partial charge is 0.391 e. The molecule has 90 valence electrons. The zero-order valence-corrected chi connectivity index (χ0v) is 11.8. The SMILES string of the molecule is CCC(CC)C(O)CNc1ncc(I)cn1. The minimum Gasteiger partial charge on any atom is -0.391 e. The first-order chi connectivity index (χ1) is 7.67. The second kappa shape index (κ2) is 7.01. The molecule has 0 aliphatic heterocycles. The van der Waals surface area contributed by atoms with E-state index >= 15 is 0 Å². The lowest BCUT2D eigenvalue weighted by Gasteiger charge is -2.20. The Kier molecular flexibility index (Phi) is 5.97. The van der Waals surface area contributed by atoms with Crippen LogP contribution >= 0.6 is 22.6 Å². The minimum atomic E-state index is -0.335. The summed E-state index contributed by atoms with van der Waals surface area (Å²) >= 11 is 2.16. The maximum Gasteiger partial charge on any atom is 0.222 e. The molecule has 0 amide bonds. The summed E-state index contributed by atoms with van der Waals surface area (Å²) in [6, 6.07) is 0. The van der Waals surface area contributed by atoms with Gasteiger partial charge in [0.15, 0.2) is 0 Å². The number of halogens is 1. The molecule has 0 aliphatic carbocycles. The van der Waals surface area contributed by atoms with Gasteiger partial charge in [0.25, 0.3) is 0 Å². The lowest BCUT2D eigenvalue weighted by molar-refractivity contribution is 0.114. The van der Waals surface area contributed by atoms with E-state index < -0.39 is 0 Å². The maximum absolute atomic E-state index is 9.91. The van der Waals surface area contributed by atoms with Crippen LogP contribution in [0.3, 0.4) is 0 Å². The van der Waals surface area contributed by atoms with Crippen molar-refractivity contribution in [3.8, 4) is 0 Å². The standard InChI is InChI=1S/C11H18IN3O/c1-3-8(4-2)10(16)7-15-11-13-5-9(12)6-14-11/h5-6,8,10,16H,3-4,7H2,1-2H3,(H,13,14,15). The molecule has 1 atom stereocenters. The van der Waals surface area contributed by atoms with Gasteiger partial charge in [0.2, 0.25) is 5.95 Å². The zero-order chi connectivity index (χ0) is 12.0. The molecule has 0 bridgehead atoms. The molecular weight excluding hydrogens is 317 g/mol. The van der Waals surface area contributed by atoms with Crippen LogP contribution in [0.4, 0.5) is 5.95 Å². The van der Waals surface area contributed by atoms with E-state index in [9.17, 15) is 5.11 Å². The molecule has 1 unspecified atom stereocenters. The lowest BCUT2D eigenvalue weighted by Crippen LogP contribution is -2.28. The third kappa shape index (κ3) is 4.21. The van der Waals surface area contributed by atoms with Crippen LogP contribution in [0, 0.1) is 9.49 Å². The van der Waals surface area contributed by atoms with Gasteiger partial charge in [-0.3, -0.25) is 0 Å². The van der Waals surface area contributed by atoms with E-state index in [1.54, 1.807) is 12.4 Å². The quantitative estimate of drug-likeness (QED) is 0.783. The average Bonchev–Trinajstić information content (AvgIpc) is 2.30. The Morgan fingerprint density at radius 1 is 1.31 bits per heavy atom. The fourth-order valence-corrected chi connectivity index (χ4v) is 1.88. The van der Waals surface area contributed by atoms with Gasteiger partial charge in [0.05, 0.1) is 6.10 Å². The topological polar surface area (TPSA) is 58.0 Å². The Hall–Kier alpha value is -0.430. The van der Waals surface area contributed by atoms with Gasteiger partial charge < -0.3 is 10.4 Å². The van der Waals surface area contributed by atoms with E-state index in [1.807, 2.05) is 0 Å². The summed E-state index contributed by atoms with van der Waals surface area (Å²) in [4.78, 5) is 8.24. The van der Waals surface area contributed by atoms with Gasteiger partial charge in [0.1, 0.15) is 0 Å². The number of anilines is 1. The minimum absolute atomic E-state index is 0.335. The number of aliphatic hydroxyl groups is 1. The van der Waals surface area contributed by atoms with Crippen LogP contribution in [0.2, 0.25) is 0 Å². The van der Waals surface area contributed by atoms with Crippen LogP contribution in [-0.2, 0) is 0 Å². The summed E-state index contributed by atoms with van der Waals surface area (Å²) in [6.07, 6.45) is 5.15. The summed E-state index contributed by atoms with van der Waals surface area (Å²) in [6.45, 7) is 4.70. The molecule has 0 aromatic carbocycles. The number of hydrogen-bond donors (Lipinski definition) is 2. The molecule has 0 saturated heterocycles. The second-order valence-corrected chi connectivity index (χ2v) is 5.00. The third-order valence-electron chi connectivity index (χ3n) is 2.68. The van der Waals surface area contributed by atoms with Crippen LogP contribution < -0.4 is 5.32 Å². The molecule has 1 aromatic heterocycles. The van der Waals surface area contributed by atoms with Crippen LogP contribution in [0.5, 0.6) is 0 Å². The molecule has 0 saturated carbocycles. The van der Waals surface area contributed by atoms with Gasteiger partial charge in [-0.25, -0.2) is 9.97 Å². The normalized spacial score (nSPS) is 12.8. The highest BCUT2D eigenvalue weighted by molar-refractivity contribution is 14.1. The van der Waals surface area contributed by atoms with Crippen LogP contribution in [0.25, 0.3) is 0 Å². The van der Waals surface area contributed by atoms with E-state index in [-0.39, 0.29) is 6.10 Å². The summed E-state index contributed by atoms with van der Waals surface area (Å²) in [5.41, 5.74) is 0. The van der Waals surface area contributed by atoms with Crippen LogP contribution in [0.1, 0.15) is 26.7 Å². The predicted molar refractivity (Wildman–Crippen MR) is 73.3 cm³/mol. The van der Waals surface area contributed by atoms with Gasteiger partial charge in [-0.15, -0.1) is 0 Å². The average molecular weight is 335 g/mol. The van der Waals surface area contributed by atoms with E-state index in [1.165, 1.54) is 0 Å². The van der Waals surface area contributed by atoms with Crippen molar-refractivity contribution in [3.05, 3.63) is 16.0 Å². The van der Waals surface area contributed by atoms with Gasteiger partial charge in [-0.05, 0) is 28.5 Å². The van der Waals surface area contributed by atoms with Crippen molar-refractivity contribution < 1.29 is 5.11 Å². The van der Waals surface area contributed by atoms with Gasteiger partial charge in [-0.2, -0.15) is 0 Å². The van der Waals surface area contributed by atoms with Crippen molar-refractivity contribution in [1.29, 1.82) is 0 Å². The van der Waals surface area contributed by atoms with E-state index in [0.717, 1.165) is 16.4 Å². The summed E-state index contributed by atoms with van der Waals surface area (Å²) < 4.78 is 1.00. The molecule has 16 heavy (non-hydrogen) atoms. The molecule has 1 heterocycles. The third-order valence-corrected chi connectivity index (χ3v) is 3.24. The van der Waals surface area contributed by atoms with Gasteiger partial charge in [-0.1, -0.05) is 26.7 Å². The second-order valence-electron chi connectivity index (χ2n) is 3.75. The lowest BCUT2D eigenvalue weighted by atomic mass is 9.97. The molecule has 0 fully saturated rings. The fourth-order valence-electron chi connectivity index (χ4n) is 1.60. The highest BCUT2D eigenvalue weighted by Gasteiger charge is 2.15. The first kappa shape index (κ1) is 13.6. The van der Waals surface area contributed by atoms with Crippen molar-refractivity contribution in [3.63, 3.8) is 0 Å². The van der Waals surface area contributed by atoms with Crippen LogP contribution in [-0.4, -0.2) is 27.7 Å². The Balaban J connectivity index is 2.42. The van der Waals surface area contributed by atoms with Crippen molar-refractivity contribution in [2.45, 2.75) is 32.8 Å². The molecule has 1 aromatic rings. The molecule has 0 aliphatic rings. The Morgan fingerprint density at radius 3 is 2.38 bits per heavy atom. The summed E-state index contributed by atoms with van der Waals surface area (Å²) in [7, 11) is 0. The predicted octanol–water partition coefficient (Wildman–Crippen LogP) is 2.29. The maximum atomic E-state index is 9.91. The number of nitrogens with zero attached hydrogens (tertiary/aromatic N) is 2. The fraction of sp³-hybridized carbons (Fsp3) is 0.636. The van der Waals surface area contributed by atoms with Crippen molar-refractivity contribution >= 4 is 28.5 Å². The van der Waals surface area contributed by atoms with Gasteiger partial charge in [0, 0.05) is 22.5 Å². The number of rotatable bonds is 6. The van der Waals surface area contributed by atoms with E-state index in [0.29, 0.717) is 18.4 Å². The highest BCUT2D eigenvalue weighted by atomic mass is 127. The summed E-state index contributed by atoms with van der Waals surface area (Å²) in [5.74, 6) is 0.918. The van der Waals surface area contributed by atoms with E-state index in [2.05, 4.69) is 51.7 Å². The molecule has 1 rings (SSSR count). The van der Waals surface area contributed by atoms with Crippen molar-refractivity contribution in [2.24, 2.45) is 5.92 Å². The van der Waals surface area contributed by atoms with E-state index in [4.69, 9.17) is 0 Å². The number of aliphatic hydroxyl groups excluding tert-OH is 1.